The molecule has 1 fully saturated rings. The van der Waals surface area contributed by atoms with Crippen LogP contribution in [-0.4, -0.2) is 42.0 Å². The first kappa shape index (κ1) is 18.2. The van der Waals surface area contributed by atoms with E-state index in [1.54, 1.807) is 0 Å². The number of aliphatic imine (C=N–C) groups is 1. The number of nitrogens with one attached hydrogen (secondary N) is 1. The molecule has 118 valence electrons. The lowest BCUT2D eigenvalue weighted by Crippen LogP contribution is -2.46. The predicted octanol–water partition coefficient (Wildman–Crippen LogP) is 2.94. The minimum atomic E-state index is 0. The average Bonchev–Trinajstić information content (AvgIpc) is 2.47. The largest absolute Gasteiger partial charge is 0.357 e. The van der Waals surface area contributed by atoms with Crippen LogP contribution in [0.1, 0.15) is 32.4 Å². The molecule has 1 aromatic heterocycles. The zero-order chi connectivity index (χ0) is 14.2. The quantitative estimate of drug-likeness (QED) is 0.478. The highest BCUT2D eigenvalue weighted by atomic mass is 127. The van der Waals surface area contributed by atoms with Crippen LogP contribution >= 0.6 is 24.0 Å². The van der Waals surface area contributed by atoms with E-state index in [-0.39, 0.29) is 24.0 Å². The Morgan fingerprint density at radius 2 is 2.33 bits per heavy atom. The van der Waals surface area contributed by atoms with E-state index in [1.807, 2.05) is 18.3 Å². The third-order valence-electron chi connectivity index (χ3n) is 3.65. The number of rotatable bonds is 4. The van der Waals surface area contributed by atoms with Crippen LogP contribution in [0.3, 0.4) is 0 Å². The van der Waals surface area contributed by atoms with Crippen molar-refractivity contribution in [2.45, 2.75) is 33.1 Å². The lowest BCUT2D eigenvalue weighted by molar-refractivity contribution is 0.266. The Bertz CT molecular complexity index is 422. The summed E-state index contributed by atoms with van der Waals surface area (Å²) in [7, 11) is 0. The number of likely N-dealkylation sites (tertiary alicyclic amines) is 1. The van der Waals surface area contributed by atoms with Crippen molar-refractivity contribution in [3.63, 3.8) is 0 Å². The van der Waals surface area contributed by atoms with E-state index in [1.165, 1.54) is 12.8 Å². The lowest BCUT2D eigenvalue weighted by Gasteiger charge is -2.33. The van der Waals surface area contributed by atoms with E-state index < -0.39 is 0 Å². The second-order valence-corrected chi connectivity index (χ2v) is 5.50. The molecule has 1 N–H and O–H groups in total. The van der Waals surface area contributed by atoms with Gasteiger partial charge in [0.2, 0.25) is 0 Å². The molecule has 1 aliphatic rings. The Labute approximate surface area is 145 Å². The van der Waals surface area contributed by atoms with E-state index in [0.717, 1.165) is 50.2 Å². The van der Waals surface area contributed by atoms with Crippen LogP contribution in [0.4, 0.5) is 0 Å². The Kier molecular flexibility index (Phi) is 8.64. The zero-order valence-electron chi connectivity index (χ0n) is 13.1. The minimum Gasteiger partial charge on any atom is -0.357 e. The van der Waals surface area contributed by atoms with Gasteiger partial charge in [0.25, 0.3) is 0 Å². The molecule has 0 bridgehead atoms. The molecule has 4 nitrogen and oxygen atoms in total. The first-order valence-electron chi connectivity index (χ1n) is 7.72. The second kappa shape index (κ2) is 9.97. The maximum Gasteiger partial charge on any atom is 0.193 e. The molecule has 0 spiro atoms. The van der Waals surface area contributed by atoms with Gasteiger partial charge < -0.3 is 10.2 Å². The Morgan fingerprint density at radius 1 is 1.48 bits per heavy atom. The van der Waals surface area contributed by atoms with Crippen molar-refractivity contribution in [2.24, 2.45) is 10.9 Å². The Balaban J connectivity index is 0.00000220. The molecular weight excluding hydrogens is 375 g/mol. The van der Waals surface area contributed by atoms with Gasteiger partial charge in [-0.05, 0) is 37.8 Å². The highest BCUT2D eigenvalue weighted by Gasteiger charge is 2.18. The van der Waals surface area contributed by atoms with Crippen molar-refractivity contribution in [1.29, 1.82) is 0 Å². The zero-order valence-corrected chi connectivity index (χ0v) is 15.4. The monoisotopic (exact) mass is 402 g/mol. The van der Waals surface area contributed by atoms with Crippen LogP contribution < -0.4 is 5.32 Å². The van der Waals surface area contributed by atoms with Gasteiger partial charge in [0.1, 0.15) is 0 Å². The van der Waals surface area contributed by atoms with Crippen LogP contribution in [0.2, 0.25) is 0 Å². The van der Waals surface area contributed by atoms with Gasteiger partial charge in [-0.15, -0.1) is 24.0 Å². The van der Waals surface area contributed by atoms with Crippen LogP contribution in [0.25, 0.3) is 0 Å². The summed E-state index contributed by atoms with van der Waals surface area (Å²) >= 11 is 0. The number of halogens is 1. The molecule has 1 aliphatic heterocycles. The summed E-state index contributed by atoms with van der Waals surface area (Å²) in [5.41, 5.74) is 1.11. The van der Waals surface area contributed by atoms with Gasteiger partial charge in [0.15, 0.2) is 5.96 Å². The van der Waals surface area contributed by atoms with Gasteiger partial charge in [0.05, 0.1) is 0 Å². The first-order valence-corrected chi connectivity index (χ1v) is 7.72. The molecule has 1 aromatic rings. The molecule has 5 heteroatoms. The lowest BCUT2D eigenvalue weighted by atomic mass is 10.0. The molecule has 21 heavy (non-hydrogen) atoms. The SMILES string of the molecule is CCNC(=NCCc1ccccn1)N1CCCC(C)C1.I. The van der Waals surface area contributed by atoms with Crippen molar-refractivity contribution >= 4 is 29.9 Å². The normalized spacial score (nSPS) is 19.0. The van der Waals surface area contributed by atoms with E-state index in [9.17, 15) is 0 Å². The molecule has 1 saturated heterocycles. The van der Waals surface area contributed by atoms with Gasteiger partial charge in [-0.25, -0.2) is 0 Å². The van der Waals surface area contributed by atoms with Gasteiger partial charge in [0, 0.05) is 44.5 Å². The van der Waals surface area contributed by atoms with Gasteiger partial charge >= 0.3 is 0 Å². The van der Waals surface area contributed by atoms with Crippen LogP contribution in [0.15, 0.2) is 29.4 Å². The molecule has 2 rings (SSSR count). The third kappa shape index (κ3) is 6.20. The summed E-state index contributed by atoms with van der Waals surface area (Å²) in [6, 6.07) is 6.04. The molecule has 0 aliphatic carbocycles. The predicted molar refractivity (Wildman–Crippen MR) is 99.3 cm³/mol. The van der Waals surface area contributed by atoms with Crippen molar-refractivity contribution < 1.29 is 0 Å². The standard InChI is InChI=1S/C16H26N4.HI/c1-3-17-16(20-12-6-7-14(2)13-20)19-11-9-15-8-4-5-10-18-15;/h4-5,8,10,14H,3,6-7,9,11-13H2,1-2H3,(H,17,19);1H. The summed E-state index contributed by atoms with van der Waals surface area (Å²) in [6.07, 6.45) is 5.35. The van der Waals surface area contributed by atoms with Crippen molar-refractivity contribution in [1.82, 2.24) is 15.2 Å². The van der Waals surface area contributed by atoms with Gasteiger partial charge in [-0.1, -0.05) is 13.0 Å². The number of hydrogen-bond acceptors (Lipinski definition) is 2. The van der Waals surface area contributed by atoms with Gasteiger partial charge in [-0.3, -0.25) is 9.98 Å². The number of hydrogen-bond donors (Lipinski definition) is 1. The highest BCUT2D eigenvalue weighted by Crippen LogP contribution is 2.15. The van der Waals surface area contributed by atoms with E-state index in [2.05, 4.69) is 35.1 Å². The Morgan fingerprint density at radius 3 is 3.00 bits per heavy atom. The first-order chi connectivity index (χ1) is 9.79. The number of nitrogens with zero attached hydrogens (tertiary/aromatic N) is 3. The molecule has 1 atom stereocenters. The number of guanidine groups is 1. The van der Waals surface area contributed by atoms with E-state index >= 15 is 0 Å². The number of piperidine rings is 1. The number of aromatic nitrogens is 1. The van der Waals surface area contributed by atoms with Crippen molar-refractivity contribution in [3.05, 3.63) is 30.1 Å². The van der Waals surface area contributed by atoms with E-state index in [0.29, 0.717) is 0 Å². The summed E-state index contributed by atoms with van der Waals surface area (Å²) in [6.45, 7) is 8.41. The van der Waals surface area contributed by atoms with Crippen LogP contribution in [0.5, 0.6) is 0 Å². The maximum absolute atomic E-state index is 4.76. The summed E-state index contributed by atoms with van der Waals surface area (Å²) < 4.78 is 0. The van der Waals surface area contributed by atoms with Crippen LogP contribution in [0, 0.1) is 5.92 Å². The van der Waals surface area contributed by atoms with E-state index in [4.69, 9.17) is 4.99 Å². The minimum absolute atomic E-state index is 0. The van der Waals surface area contributed by atoms with Crippen molar-refractivity contribution in [2.75, 3.05) is 26.2 Å². The smallest absolute Gasteiger partial charge is 0.193 e. The highest BCUT2D eigenvalue weighted by molar-refractivity contribution is 14.0. The third-order valence-corrected chi connectivity index (χ3v) is 3.65. The van der Waals surface area contributed by atoms with Gasteiger partial charge in [-0.2, -0.15) is 0 Å². The fourth-order valence-corrected chi connectivity index (χ4v) is 2.63. The molecule has 0 aromatic carbocycles. The average molecular weight is 402 g/mol. The van der Waals surface area contributed by atoms with Crippen LogP contribution in [-0.2, 0) is 6.42 Å². The summed E-state index contributed by atoms with van der Waals surface area (Å²) in [5, 5.41) is 3.41. The summed E-state index contributed by atoms with van der Waals surface area (Å²) in [4.78, 5) is 11.5. The Hall–Kier alpha value is -0.850. The number of pyridine rings is 1. The molecule has 2 heterocycles. The summed E-state index contributed by atoms with van der Waals surface area (Å²) in [5.74, 6) is 1.83. The molecular formula is C16H27IN4. The second-order valence-electron chi connectivity index (χ2n) is 5.50. The molecule has 0 radical (unpaired) electrons. The fourth-order valence-electron chi connectivity index (χ4n) is 2.63. The fraction of sp³-hybridized carbons (Fsp3) is 0.625. The molecule has 1 unspecified atom stereocenters. The molecule has 0 saturated carbocycles. The topological polar surface area (TPSA) is 40.5 Å². The molecule has 0 amide bonds. The maximum atomic E-state index is 4.76. The van der Waals surface area contributed by atoms with Crippen molar-refractivity contribution in [3.8, 4) is 0 Å².